The number of benzene rings is 1. The van der Waals surface area contributed by atoms with Crippen molar-refractivity contribution in [1.29, 1.82) is 0 Å². The molecule has 1 aromatic rings. The van der Waals surface area contributed by atoms with Gasteiger partial charge in [0.05, 0.1) is 12.1 Å². The van der Waals surface area contributed by atoms with E-state index >= 15 is 0 Å². The highest BCUT2D eigenvalue weighted by Gasteiger charge is 2.25. The Morgan fingerprint density at radius 3 is 2.67 bits per heavy atom. The molecular weight excluding hydrogens is 228 g/mol. The second kappa shape index (κ2) is 5.87. The number of nitrogens with two attached hydrogens (primary N) is 1. The largest absolute Gasteiger partial charge is 0.492 e. The van der Waals surface area contributed by atoms with Gasteiger partial charge < -0.3 is 15.4 Å². The quantitative estimate of drug-likeness (QED) is 0.863. The van der Waals surface area contributed by atoms with E-state index in [1.807, 2.05) is 31.2 Å². The zero-order valence-electron chi connectivity index (χ0n) is 11.6. The van der Waals surface area contributed by atoms with Gasteiger partial charge in [-0.15, -0.1) is 0 Å². The van der Waals surface area contributed by atoms with Crippen molar-refractivity contribution >= 4 is 5.91 Å². The summed E-state index contributed by atoms with van der Waals surface area (Å²) >= 11 is 0. The second-order valence-electron chi connectivity index (χ2n) is 5.11. The van der Waals surface area contributed by atoms with E-state index in [1.54, 1.807) is 25.8 Å². The number of ether oxygens (including phenoxy) is 1. The van der Waals surface area contributed by atoms with Gasteiger partial charge in [-0.1, -0.05) is 12.1 Å². The smallest absolute Gasteiger partial charge is 0.241 e. The summed E-state index contributed by atoms with van der Waals surface area (Å²) in [5.74, 6) is 0.734. The van der Waals surface area contributed by atoms with E-state index in [1.165, 1.54) is 0 Å². The van der Waals surface area contributed by atoms with Crippen molar-refractivity contribution in [3.63, 3.8) is 0 Å². The molecule has 0 saturated heterocycles. The van der Waals surface area contributed by atoms with Crippen LogP contribution in [0.1, 0.15) is 19.4 Å². The molecule has 1 rings (SSSR count). The molecule has 0 aliphatic carbocycles. The van der Waals surface area contributed by atoms with Gasteiger partial charge >= 0.3 is 0 Å². The molecule has 4 nitrogen and oxygen atoms in total. The van der Waals surface area contributed by atoms with E-state index < -0.39 is 5.54 Å². The average Bonchev–Trinajstić information content (AvgIpc) is 2.26. The Balaban J connectivity index is 2.40. The lowest BCUT2D eigenvalue weighted by Crippen LogP contribution is -2.50. The first-order valence-electron chi connectivity index (χ1n) is 6.04. The molecule has 0 aromatic heterocycles. The highest BCUT2D eigenvalue weighted by molar-refractivity contribution is 5.84. The van der Waals surface area contributed by atoms with Crippen LogP contribution < -0.4 is 10.5 Å². The Labute approximate surface area is 109 Å². The molecule has 0 heterocycles. The summed E-state index contributed by atoms with van der Waals surface area (Å²) in [5, 5.41) is 0. The summed E-state index contributed by atoms with van der Waals surface area (Å²) in [6.45, 7) is 6.40. The van der Waals surface area contributed by atoms with Gasteiger partial charge in [0.15, 0.2) is 0 Å². The van der Waals surface area contributed by atoms with Crippen molar-refractivity contribution in [3.05, 3.63) is 29.8 Å². The van der Waals surface area contributed by atoms with Crippen LogP contribution in [0.2, 0.25) is 0 Å². The fourth-order valence-electron chi connectivity index (χ4n) is 1.60. The maximum absolute atomic E-state index is 11.8. The van der Waals surface area contributed by atoms with Crippen LogP contribution in [0.5, 0.6) is 5.75 Å². The van der Waals surface area contributed by atoms with Crippen molar-refractivity contribution in [1.82, 2.24) is 4.90 Å². The van der Waals surface area contributed by atoms with Crippen LogP contribution in [0, 0.1) is 6.92 Å². The third-order valence-electron chi connectivity index (χ3n) is 2.58. The first-order valence-corrected chi connectivity index (χ1v) is 6.04. The molecule has 0 aliphatic heterocycles. The summed E-state index contributed by atoms with van der Waals surface area (Å²) < 4.78 is 5.59. The SMILES string of the molecule is Cc1cccc(OCCN(C)C(=O)C(C)(C)N)c1. The Hall–Kier alpha value is -1.55. The maximum Gasteiger partial charge on any atom is 0.241 e. The number of likely N-dealkylation sites (N-methyl/N-ethyl adjacent to an activating group) is 1. The number of nitrogens with zero attached hydrogens (tertiary/aromatic N) is 1. The predicted octanol–water partition coefficient (Wildman–Crippen LogP) is 1.57. The normalized spacial score (nSPS) is 11.2. The first kappa shape index (κ1) is 14.5. The molecule has 18 heavy (non-hydrogen) atoms. The van der Waals surface area contributed by atoms with Gasteiger partial charge in [0, 0.05) is 7.05 Å². The number of aryl methyl sites for hydroxylation is 1. The Morgan fingerprint density at radius 2 is 2.11 bits per heavy atom. The summed E-state index contributed by atoms with van der Waals surface area (Å²) in [7, 11) is 1.73. The van der Waals surface area contributed by atoms with Gasteiger partial charge in [-0.05, 0) is 38.5 Å². The molecular formula is C14H22N2O2. The number of hydrogen-bond acceptors (Lipinski definition) is 3. The van der Waals surface area contributed by atoms with Gasteiger partial charge in [0.25, 0.3) is 0 Å². The molecule has 0 saturated carbocycles. The fourth-order valence-corrected chi connectivity index (χ4v) is 1.60. The average molecular weight is 250 g/mol. The molecule has 0 radical (unpaired) electrons. The molecule has 0 atom stereocenters. The van der Waals surface area contributed by atoms with Crippen LogP contribution in [0.25, 0.3) is 0 Å². The van der Waals surface area contributed by atoms with E-state index in [9.17, 15) is 4.79 Å². The van der Waals surface area contributed by atoms with Crippen molar-refractivity contribution in [3.8, 4) is 5.75 Å². The van der Waals surface area contributed by atoms with Crippen LogP contribution in [-0.2, 0) is 4.79 Å². The minimum absolute atomic E-state index is 0.0876. The van der Waals surface area contributed by atoms with Gasteiger partial charge in [0.2, 0.25) is 5.91 Å². The van der Waals surface area contributed by atoms with E-state index in [-0.39, 0.29) is 5.91 Å². The molecule has 4 heteroatoms. The van der Waals surface area contributed by atoms with Crippen molar-refractivity contribution in [2.75, 3.05) is 20.2 Å². The molecule has 2 N–H and O–H groups in total. The summed E-state index contributed by atoms with van der Waals surface area (Å²) in [6.07, 6.45) is 0. The van der Waals surface area contributed by atoms with E-state index in [2.05, 4.69) is 0 Å². The number of carbonyl (C=O) groups excluding carboxylic acids is 1. The summed E-state index contributed by atoms with van der Waals surface area (Å²) in [5.41, 5.74) is 6.07. The predicted molar refractivity (Wildman–Crippen MR) is 72.6 cm³/mol. The van der Waals surface area contributed by atoms with Crippen molar-refractivity contribution in [2.45, 2.75) is 26.3 Å². The fraction of sp³-hybridized carbons (Fsp3) is 0.500. The summed E-state index contributed by atoms with van der Waals surface area (Å²) in [6, 6.07) is 7.83. The highest BCUT2D eigenvalue weighted by atomic mass is 16.5. The van der Waals surface area contributed by atoms with Gasteiger partial charge in [-0.25, -0.2) is 0 Å². The van der Waals surface area contributed by atoms with Crippen LogP contribution in [0.15, 0.2) is 24.3 Å². The minimum Gasteiger partial charge on any atom is -0.492 e. The molecule has 0 aliphatic rings. The van der Waals surface area contributed by atoms with Crippen molar-refractivity contribution < 1.29 is 9.53 Å². The van der Waals surface area contributed by atoms with Gasteiger partial charge in [0.1, 0.15) is 12.4 Å². The van der Waals surface area contributed by atoms with Crippen LogP contribution >= 0.6 is 0 Å². The second-order valence-corrected chi connectivity index (χ2v) is 5.11. The molecule has 0 unspecified atom stereocenters. The van der Waals surface area contributed by atoms with Crippen LogP contribution in [-0.4, -0.2) is 36.5 Å². The lowest BCUT2D eigenvalue weighted by atomic mass is 10.1. The number of rotatable bonds is 5. The van der Waals surface area contributed by atoms with Crippen molar-refractivity contribution in [2.24, 2.45) is 5.73 Å². The van der Waals surface area contributed by atoms with E-state index in [0.29, 0.717) is 13.2 Å². The minimum atomic E-state index is -0.835. The standard InChI is InChI=1S/C14H22N2O2/c1-11-6-5-7-12(10-11)18-9-8-16(4)13(17)14(2,3)15/h5-7,10H,8-9,15H2,1-4H3. The number of amides is 1. The van der Waals surface area contributed by atoms with Gasteiger partial charge in [-0.2, -0.15) is 0 Å². The first-order chi connectivity index (χ1) is 8.30. The Morgan fingerprint density at radius 1 is 1.44 bits per heavy atom. The monoisotopic (exact) mass is 250 g/mol. The Kier molecular flexibility index (Phi) is 4.73. The highest BCUT2D eigenvalue weighted by Crippen LogP contribution is 2.12. The zero-order valence-corrected chi connectivity index (χ0v) is 11.6. The van der Waals surface area contributed by atoms with E-state index in [0.717, 1.165) is 11.3 Å². The third kappa shape index (κ3) is 4.37. The number of carbonyl (C=O) groups is 1. The molecule has 0 bridgehead atoms. The molecule has 1 amide bonds. The lowest BCUT2D eigenvalue weighted by Gasteiger charge is -2.25. The third-order valence-corrected chi connectivity index (χ3v) is 2.58. The molecule has 100 valence electrons. The van der Waals surface area contributed by atoms with Crippen LogP contribution in [0.4, 0.5) is 0 Å². The topological polar surface area (TPSA) is 55.6 Å². The van der Waals surface area contributed by atoms with Gasteiger partial charge in [-0.3, -0.25) is 4.79 Å². The molecule has 0 fully saturated rings. The maximum atomic E-state index is 11.8. The van der Waals surface area contributed by atoms with E-state index in [4.69, 9.17) is 10.5 Å². The van der Waals surface area contributed by atoms with Crippen LogP contribution in [0.3, 0.4) is 0 Å². The Bertz CT molecular complexity index is 411. The molecule has 1 aromatic carbocycles. The lowest BCUT2D eigenvalue weighted by molar-refractivity contribution is -0.134. The number of hydrogen-bond donors (Lipinski definition) is 1. The molecule has 0 spiro atoms. The summed E-state index contributed by atoms with van der Waals surface area (Å²) in [4.78, 5) is 13.4. The zero-order chi connectivity index (χ0) is 13.8.